The first-order valence-electron chi connectivity index (χ1n) is 25.1. The van der Waals surface area contributed by atoms with Gasteiger partial charge in [0, 0.05) is 120 Å². The maximum absolute atomic E-state index is 14.3. The van der Waals surface area contributed by atoms with Crippen LogP contribution in [0, 0.1) is 72.5 Å². The molecule has 0 unspecified atom stereocenters. The van der Waals surface area contributed by atoms with Crippen molar-refractivity contribution >= 4 is 11.4 Å². The topological polar surface area (TPSA) is 144 Å². The number of halogens is 6. The first-order valence-corrected chi connectivity index (χ1v) is 25.1. The van der Waals surface area contributed by atoms with Gasteiger partial charge in [-0.05, 0) is 62.7 Å². The van der Waals surface area contributed by atoms with E-state index in [1.54, 1.807) is 24.3 Å². The molecule has 8 aromatic rings. The van der Waals surface area contributed by atoms with Gasteiger partial charge in [-0.3, -0.25) is 56.5 Å². The van der Waals surface area contributed by atoms with Crippen molar-refractivity contribution in [2.75, 3.05) is 23.9 Å². The SMILES string of the molecule is CC(C)(C)c1cc(-c2nc(C(C)(C)C)n[n-]2)nc(-c2[c-]cc(F)cc2F)n1.CC(C)(C)c1cc(-c2nc(C(C)(C)C)n[n-]2)nc(-c2[c-]cc(F)cc2F)n1.CN1C=CN(c2[c-]cc(F)cc2)[CH-]1.CN1C=CN(c2[c-]cc(F)cc2)[CH-]1.[Ir].[Ir]. The fraction of sp³-hybridized carbons (Fsp3) is 0.300. The summed E-state index contributed by atoms with van der Waals surface area (Å²) in [5.74, 6) is -1.40. The molecule has 82 heavy (non-hydrogen) atoms. The molecule has 438 valence electrons. The van der Waals surface area contributed by atoms with E-state index in [4.69, 9.17) is 0 Å². The Morgan fingerprint density at radius 1 is 0.427 bits per heavy atom. The molecule has 0 atom stereocenters. The zero-order valence-corrected chi connectivity index (χ0v) is 52.4. The fourth-order valence-corrected chi connectivity index (χ4v) is 6.98. The van der Waals surface area contributed by atoms with E-state index in [-0.39, 0.29) is 96.3 Å². The molecule has 22 heteroatoms. The van der Waals surface area contributed by atoms with Crippen LogP contribution in [0.5, 0.6) is 0 Å². The molecule has 4 aromatic heterocycles. The van der Waals surface area contributed by atoms with E-state index >= 15 is 0 Å². The minimum atomic E-state index is -0.774. The van der Waals surface area contributed by atoms with Crippen molar-refractivity contribution in [3.63, 3.8) is 0 Å². The molecule has 2 aliphatic heterocycles. The molecule has 14 nitrogen and oxygen atoms in total. The molecule has 0 aliphatic carbocycles. The van der Waals surface area contributed by atoms with Crippen LogP contribution in [0.1, 0.15) is 106 Å². The molecule has 2 aliphatic rings. The third kappa shape index (κ3) is 17.5. The van der Waals surface area contributed by atoms with Gasteiger partial charge >= 0.3 is 0 Å². The number of hydrogen-bond acceptors (Lipinski definition) is 12. The second-order valence-electron chi connectivity index (χ2n) is 22.7. The van der Waals surface area contributed by atoms with E-state index in [0.717, 1.165) is 35.6 Å². The number of hydrogen-bond donors (Lipinski definition) is 0. The van der Waals surface area contributed by atoms with Crippen molar-refractivity contribution in [1.82, 2.24) is 60.1 Å². The van der Waals surface area contributed by atoms with Gasteiger partial charge in [0.25, 0.3) is 0 Å². The van der Waals surface area contributed by atoms with Crippen LogP contribution in [0.4, 0.5) is 37.7 Å². The summed E-state index contributed by atoms with van der Waals surface area (Å²) in [5, 5.41) is 16.5. The number of nitrogens with zero attached hydrogens (tertiary/aromatic N) is 14. The van der Waals surface area contributed by atoms with Crippen LogP contribution in [0.2, 0.25) is 0 Å². The van der Waals surface area contributed by atoms with Crippen LogP contribution < -0.4 is 20.0 Å². The summed E-state index contributed by atoms with van der Waals surface area (Å²) in [7, 11) is 3.86. The van der Waals surface area contributed by atoms with E-state index in [0.29, 0.717) is 46.1 Å². The minimum absolute atomic E-state index is 0. The van der Waals surface area contributed by atoms with Gasteiger partial charge in [0.05, 0.1) is 23.0 Å². The van der Waals surface area contributed by atoms with Gasteiger partial charge in [0.2, 0.25) is 0 Å². The molecule has 0 amide bonds. The van der Waals surface area contributed by atoms with E-state index < -0.39 is 23.3 Å². The van der Waals surface area contributed by atoms with Crippen LogP contribution in [0.25, 0.3) is 45.8 Å². The van der Waals surface area contributed by atoms with Gasteiger partial charge < -0.3 is 39.8 Å². The Morgan fingerprint density at radius 3 is 1.05 bits per heavy atom. The van der Waals surface area contributed by atoms with E-state index in [9.17, 15) is 26.3 Å². The van der Waals surface area contributed by atoms with Gasteiger partial charge in [-0.15, -0.1) is 72.0 Å². The molecule has 0 saturated carbocycles. The zero-order chi connectivity index (χ0) is 58.5. The molecule has 0 N–H and O–H groups in total. The summed E-state index contributed by atoms with van der Waals surface area (Å²) < 4.78 is 80.2. The maximum Gasteiger partial charge on any atom is 0.0786 e. The number of anilines is 2. The summed E-state index contributed by atoms with van der Waals surface area (Å²) in [4.78, 5) is 34.3. The average Bonchev–Trinajstić information content (AvgIpc) is 4.25. The Morgan fingerprint density at radius 2 is 0.780 bits per heavy atom. The van der Waals surface area contributed by atoms with Gasteiger partial charge in [-0.2, -0.15) is 25.5 Å². The Bertz CT molecular complexity index is 3240. The molecule has 6 heterocycles. The number of aromatic nitrogens is 10. The van der Waals surface area contributed by atoms with Gasteiger partial charge in [-0.1, -0.05) is 106 Å². The molecular formula is C60H60F6Ir2N14-8. The third-order valence-electron chi connectivity index (χ3n) is 11.5. The first kappa shape index (κ1) is 65.7. The second-order valence-corrected chi connectivity index (χ2v) is 22.7. The quantitative estimate of drug-likeness (QED) is 0.115. The van der Waals surface area contributed by atoms with Crippen molar-refractivity contribution in [2.24, 2.45) is 0 Å². The molecule has 0 spiro atoms. The predicted molar refractivity (Wildman–Crippen MR) is 294 cm³/mol. The largest absolute Gasteiger partial charge is 0.510 e. The van der Waals surface area contributed by atoms with Gasteiger partial charge in [0.1, 0.15) is 0 Å². The summed E-state index contributed by atoms with van der Waals surface area (Å²) in [5.41, 5.74) is 2.74. The van der Waals surface area contributed by atoms with Crippen molar-refractivity contribution < 1.29 is 66.6 Å². The Labute approximate surface area is 502 Å². The molecule has 0 saturated heterocycles. The van der Waals surface area contributed by atoms with Crippen LogP contribution in [0.3, 0.4) is 0 Å². The van der Waals surface area contributed by atoms with Crippen molar-refractivity contribution in [2.45, 2.75) is 105 Å². The van der Waals surface area contributed by atoms with Crippen LogP contribution in [0.15, 0.2) is 97.6 Å². The van der Waals surface area contributed by atoms with E-state index in [2.05, 4.69) is 74.6 Å². The number of benzene rings is 4. The monoisotopic (exact) mass is 1480 g/mol. The molecular weight excluding hydrogens is 1420 g/mol. The zero-order valence-electron chi connectivity index (χ0n) is 47.6. The smallest absolute Gasteiger partial charge is 0.0786 e. The summed E-state index contributed by atoms with van der Waals surface area (Å²) in [6.07, 6.45) is 7.61. The molecule has 4 aromatic carbocycles. The molecule has 0 fully saturated rings. The fourth-order valence-electron chi connectivity index (χ4n) is 6.98. The number of rotatable bonds is 6. The molecule has 0 bridgehead atoms. The van der Waals surface area contributed by atoms with Crippen molar-refractivity contribution in [3.8, 4) is 45.8 Å². The van der Waals surface area contributed by atoms with Crippen molar-refractivity contribution in [1.29, 1.82) is 0 Å². The van der Waals surface area contributed by atoms with Crippen LogP contribution in [-0.4, -0.2) is 64.0 Å². The average molecular weight is 1480 g/mol. The molecule has 10 rings (SSSR count). The van der Waals surface area contributed by atoms with Gasteiger partial charge in [-0.25, -0.2) is 0 Å². The summed E-state index contributed by atoms with van der Waals surface area (Å²) in [6.45, 7) is 27.6. The Balaban J connectivity index is 0.000000209. The maximum atomic E-state index is 14.3. The van der Waals surface area contributed by atoms with Crippen LogP contribution >= 0.6 is 0 Å². The van der Waals surface area contributed by atoms with E-state index in [1.807, 2.05) is 155 Å². The standard InChI is InChI=1S/2C20H21F2N5.2C10H9FN2.2Ir/c2*1-19(2,3)15-10-14(17-25-18(27-26-17)20(4,5)6)23-16(24-15)12-8-7-11(21)9-13(12)22;2*1-12-6-7-13(8-12)10-4-2-9(11)3-5-10;;/h2*7,9-10H,1-6H3;2*2-4,6-8H,1H3;;/q4*-2;;. The Kier molecular flexibility index (Phi) is 21.5. The van der Waals surface area contributed by atoms with Crippen molar-refractivity contribution in [3.05, 3.63) is 193 Å². The summed E-state index contributed by atoms with van der Waals surface area (Å²) in [6, 6.07) is 27.0. The third-order valence-corrected chi connectivity index (χ3v) is 11.5. The predicted octanol–water partition coefficient (Wildman–Crippen LogP) is 12.4. The first-order chi connectivity index (χ1) is 37.4. The normalized spacial score (nSPS) is 13.1. The minimum Gasteiger partial charge on any atom is -0.510 e. The Hall–Kier alpha value is -7.12. The van der Waals surface area contributed by atoms with E-state index in [1.165, 1.54) is 24.3 Å². The summed E-state index contributed by atoms with van der Waals surface area (Å²) >= 11 is 0. The molecule has 2 radical (unpaired) electrons. The van der Waals surface area contributed by atoms with Gasteiger partial charge in [0.15, 0.2) is 0 Å². The van der Waals surface area contributed by atoms with Crippen LogP contribution in [-0.2, 0) is 61.9 Å². The second kappa shape index (κ2) is 26.9.